The molecule has 2 N–H and O–H groups in total. The zero-order valence-electron chi connectivity index (χ0n) is 17.4. The molecule has 2 atom stereocenters. The molecular weight excluding hydrogens is 412 g/mol. The fourth-order valence-corrected chi connectivity index (χ4v) is 5.20. The second-order valence-corrected chi connectivity index (χ2v) is 8.76. The van der Waals surface area contributed by atoms with Gasteiger partial charge in [0.05, 0.1) is 5.69 Å². The maximum absolute atomic E-state index is 13.6. The van der Waals surface area contributed by atoms with E-state index in [-0.39, 0.29) is 23.4 Å². The molecule has 158 valence electrons. The number of Topliss-reactive ketones (excluding diaryl/α,β-unsaturated/α-hetero) is 1. The lowest BCUT2D eigenvalue weighted by Gasteiger charge is -2.22. The predicted molar refractivity (Wildman–Crippen MR) is 124 cm³/mol. The van der Waals surface area contributed by atoms with Crippen molar-refractivity contribution in [2.45, 2.75) is 32.2 Å². The minimum Gasteiger partial charge on any atom is -0.507 e. The molecule has 0 fully saturated rings. The van der Waals surface area contributed by atoms with E-state index in [1.54, 1.807) is 24.0 Å². The summed E-state index contributed by atoms with van der Waals surface area (Å²) in [5.41, 5.74) is 5.32. The number of aryl methyl sites for hydroxylation is 1. The van der Waals surface area contributed by atoms with Gasteiger partial charge >= 0.3 is 0 Å². The van der Waals surface area contributed by atoms with E-state index in [4.69, 9.17) is 11.6 Å². The van der Waals surface area contributed by atoms with Gasteiger partial charge in [-0.15, -0.1) is 11.6 Å². The molecule has 5 nitrogen and oxygen atoms in total. The van der Waals surface area contributed by atoms with Gasteiger partial charge in [0.2, 0.25) is 5.91 Å². The third kappa shape index (κ3) is 3.07. The van der Waals surface area contributed by atoms with Crippen LogP contribution in [0.2, 0.25) is 0 Å². The number of phenols is 1. The molecule has 0 saturated heterocycles. The normalized spacial score (nSPS) is 19.3. The summed E-state index contributed by atoms with van der Waals surface area (Å²) in [7, 11) is 0. The maximum Gasteiger partial charge on any atom is 0.249 e. The number of nitrogens with one attached hydrogen (secondary N) is 1. The Balaban J connectivity index is 1.53. The minimum atomic E-state index is -0.422. The van der Waals surface area contributed by atoms with Crippen molar-refractivity contribution in [2.75, 3.05) is 22.6 Å². The number of anilines is 2. The standard InChI is InChI=1S/C25H23ClN2O3/c1-13-4-3-5-18-22(30)10-21-24(23(13)18)17(11-26)12-28(21)25(31)20-9-16-8-15(14(2)29)6-7-19(16)27-20/h3-8,10,17,20,27,30H,9,11-12H2,1-2H3/t17-,20?/m1/s1. The van der Waals surface area contributed by atoms with Gasteiger partial charge in [-0.2, -0.15) is 0 Å². The Kier molecular flexibility index (Phi) is 4.67. The van der Waals surface area contributed by atoms with Gasteiger partial charge in [-0.1, -0.05) is 18.2 Å². The van der Waals surface area contributed by atoms with Gasteiger partial charge < -0.3 is 15.3 Å². The number of carbonyl (C=O) groups excluding carboxylic acids is 2. The van der Waals surface area contributed by atoms with Crippen LogP contribution in [0.25, 0.3) is 10.8 Å². The van der Waals surface area contributed by atoms with E-state index in [0.717, 1.165) is 38.8 Å². The smallest absolute Gasteiger partial charge is 0.249 e. The molecule has 0 spiro atoms. The molecule has 2 aliphatic heterocycles. The van der Waals surface area contributed by atoms with Gasteiger partial charge in [0, 0.05) is 47.5 Å². The van der Waals surface area contributed by atoms with Crippen molar-refractivity contribution in [3.05, 3.63) is 64.7 Å². The Morgan fingerprint density at radius 1 is 1.23 bits per heavy atom. The van der Waals surface area contributed by atoms with Crippen molar-refractivity contribution in [1.82, 2.24) is 0 Å². The van der Waals surface area contributed by atoms with Crippen molar-refractivity contribution >= 4 is 45.4 Å². The number of aromatic hydroxyl groups is 1. The highest BCUT2D eigenvalue weighted by Gasteiger charge is 2.39. The number of carbonyl (C=O) groups is 2. The molecule has 0 saturated carbocycles. The van der Waals surface area contributed by atoms with Crippen molar-refractivity contribution in [3.63, 3.8) is 0 Å². The SMILES string of the molecule is CC(=O)c1ccc2c(c1)CC(C(=O)N1C[C@@H](CCl)c3c1cc(O)c1cccc(C)c31)N2. The second-order valence-electron chi connectivity index (χ2n) is 8.46. The zero-order chi connectivity index (χ0) is 21.9. The maximum atomic E-state index is 13.6. The molecule has 0 aliphatic carbocycles. The van der Waals surface area contributed by atoms with Crippen molar-refractivity contribution in [1.29, 1.82) is 0 Å². The highest BCUT2D eigenvalue weighted by Crippen LogP contribution is 2.46. The molecule has 1 unspecified atom stereocenters. The topological polar surface area (TPSA) is 69.6 Å². The number of alkyl halides is 1. The average molecular weight is 435 g/mol. The van der Waals surface area contributed by atoms with Crippen LogP contribution in [-0.2, 0) is 11.2 Å². The number of rotatable bonds is 3. The van der Waals surface area contributed by atoms with Gasteiger partial charge in [0.1, 0.15) is 11.8 Å². The van der Waals surface area contributed by atoms with Crippen LogP contribution in [0.1, 0.15) is 39.9 Å². The minimum absolute atomic E-state index is 0.00193. The summed E-state index contributed by atoms with van der Waals surface area (Å²) in [6.45, 7) is 4.04. The lowest BCUT2D eigenvalue weighted by atomic mass is 9.92. The summed E-state index contributed by atoms with van der Waals surface area (Å²) in [5.74, 6) is 0.512. The van der Waals surface area contributed by atoms with Crippen molar-refractivity contribution in [2.24, 2.45) is 0 Å². The summed E-state index contributed by atoms with van der Waals surface area (Å²) in [5, 5.41) is 15.8. The summed E-state index contributed by atoms with van der Waals surface area (Å²) in [6, 6.07) is 12.6. The molecule has 2 aliphatic rings. The van der Waals surface area contributed by atoms with E-state index < -0.39 is 6.04 Å². The Labute approximate surface area is 185 Å². The highest BCUT2D eigenvalue weighted by molar-refractivity contribution is 6.19. The second kappa shape index (κ2) is 7.27. The Hall–Kier alpha value is -3.05. The Morgan fingerprint density at radius 2 is 2.03 bits per heavy atom. The van der Waals surface area contributed by atoms with Crippen LogP contribution in [0.5, 0.6) is 5.75 Å². The van der Waals surface area contributed by atoms with Crippen LogP contribution in [0.4, 0.5) is 11.4 Å². The average Bonchev–Trinajstić information content (AvgIpc) is 3.34. The number of ketones is 1. The van der Waals surface area contributed by atoms with Gasteiger partial charge in [-0.05, 0) is 54.1 Å². The summed E-state index contributed by atoms with van der Waals surface area (Å²) in [4.78, 5) is 27.0. The number of halogens is 1. The fourth-order valence-electron chi connectivity index (χ4n) is 4.95. The van der Waals surface area contributed by atoms with Crippen molar-refractivity contribution in [3.8, 4) is 5.75 Å². The zero-order valence-corrected chi connectivity index (χ0v) is 18.2. The summed E-state index contributed by atoms with van der Waals surface area (Å²) >= 11 is 6.33. The number of phenolic OH excluding ortho intramolecular Hbond substituents is 1. The molecule has 0 radical (unpaired) electrons. The van der Waals surface area contributed by atoms with Crippen LogP contribution in [0, 0.1) is 6.92 Å². The third-order valence-corrected chi connectivity index (χ3v) is 6.86. The molecule has 3 aromatic rings. The van der Waals surface area contributed by atoms with Crippen LogP contribution in [-0.4, -0.2) is 35.3 Å². The predicted octanol–water partition coefficient (Wildman–Crippen LogP) is 4.76. The number of nitrogens with zero attached hydrogens (tertiary/aromatic N) is 1. The molecule has 5 rings (SSSR count). The fraction of sp³-hybridized carbons (Fsp3) is 0.280. The molecule has 0 bridgehead atoms. The van der Waals surface area contributed by atoms with E-state index in [0.29, 0.717) is 24.4 Å². The largest absolute Gasteiger partial charge is 0.507 e. The quantitative estimate of drug-likeness (QED) is 0.460. The van der Waals surface area contributed by atoms with E-state index in [1.807, 2.05) is 37.3 Å². The number of hydrogen-bond donors (Lipinski definition) is 2. The number of amides is 1. The molecular formula is C25H23ClN2O3. The van der Waals surface area contributed by atoms with Gasteiger partial charge in [-0.3, -0.25) is 9.59 Å². The molecule has 1 amide bonds. The molecule has 6 heteroatoms. The van der Waals surface area contributed by atoms with E-state index in [1.165, 1.54) is 0 Å². The van der Waals surface area contributed by atoms with Crippen LogP contribution >= 0.6 is 11.6 Å². The first-order valence-electron chi connectivity index (χ1n) is 10.4. The first kappa shape index (κ1) is 19.9. The number of fused-ring (bicyclic) bond motifs is 4. The monoisotopic (exact) mass is 434 g/mol. The summed E-state index contributed by atoms with van der Waals surface area (Å²) < 4.78 is 0. The highest BCUT2D eigenvalue weighted by atomic mass is 35.5. The first-order valence-corrected chi connectivity index (χ1v) is 11.0. The van der Waals surface area contributed by atoms with E-state index >= 15 is 0 Å². The Bertz CT molecular complexity index is 1250. The molecule has 2 heterocycles. The Morgan fingerprint density at radius 3 is 2.77 bits per heavy atom. The lowest BCUT2D eigenvalue weighted by Crippen LogP contribution is -2.41. The van der Waals surface area contributed by atoms with Crippen LogP contribution in [0.3, 0.4) is 0 Å². The van der Waals surface area contributed by atoms with E-state index in [9.17, 15) is 14.7 Å². The van der Waals surface area contributed by atoms with E-state index in [2.05, 4.69) is 5.32 Å². The molecule has 3 aromatic carbocycles. The first-order chi connectivity index (χ1) is 14.9. The number of hydrogen-bond acceptors (Lipinski definition) is 4. The van der Waals surface area contributed by atoms with Gasteiger partial charge in [0.25, 0.3) is 0 Å². The van der Waals surface area contributed by atoms with Crippen molar-refractivity contribution < 1.29 is 14.7 Å². The summed E-state index contributed by atoms with van der Waals surface area (Å²) in [6.07, 6.45) is 0.519. The molecule has 31 heavy (non-hydrogen) atoms. The third-order valence-electron chi connectivity index (χ3n) is 6.49. The number of benzene rings is 3. The van der Waals surface area contributed by atoms with Crippen LogP contribution < -0.4 is 10.2 Å². The van der Waals surface area contributed by atoms with Crippen LogP contribution in [0.15, 0.2) is 42.5 Å². The molecule has 0 aromatic heterocycles. The van der Waals surface area contributed by atoms with Gasteiger partial charge in [-0.25, -0.2) is 0 Å². The van der Waals surface area contributed by atoms with Gasteiger partial charge in [0.15, 0.2) is 5.78 Å². The lowest BCUT2D eigenvalue weighted by molar-refractivity contribution is -0.119.